The average molecular weight is 442 g/mol. The Balaban J connectivity index is 1.52. The number of carbonyl (C=O) groups is 2. The van der Waals surface area contributed by atoms with Gasteiger partial charge in [0.25, 0.3) is 5.91 Å². The van der Waals surface area contributed by atoms with Gasteiger partial charge >= 0.3 is 5.97 Å². The number of benzene rings is 3. The van der Waals surface area contributed by atoms with E-state index >= 15 is 0 Å². The van der Waals surface area contributed by atoms with Gasteiger partial charge in [0.1, 0.15) is 17.1 Å². The lowest BCUT2D eigenvalue weighted by Crippen LogP contribution is -2.23. The van der Waals surface area contributed by atoms with E-state index in [1.54, 1.807) is 18.2 Å². The smallest absolute Gasteiger partial charge is 0.335 e. The number of carboxylic acid groups (broad SMARTS) is 1. The second kappa shape index (κ2) is 9.74. The molecule has 0 aliphatic rings. The van der Waals surface area contributed by atoms with Crippen molar-refractivity contribution in [1.82, 2.24) is 10.3 Å². The van der Waals surface area contributed by atoms with Crippen molar-refractivity contribution >= 4 is 11.9 Å². The summed E-state index contributed by atoms with van der Waals surface area (Å²) < 4.78 is 19.7. The summed E-state index contributed by atoms with van der Waals surface area (Å²) in [6.45, 7) is 0.123. The van der Waals surface area contributed by atoms with E-state index in [2.05, 4.69) is 10.3 Å². The number of nitrogens with zero attached hydrogens (tertiary/aromatic N) is 1. The topological polar surface area (TPSA) is 88.5 Å². The fourth-order valence-electron chi connectivity index (χ4n) is 3.19. The minimum atomic E-state index is -1.03. The summed E-state index contributed by atoms with van der Waals surface area (Å²) in [5, 5.41) is 11.7. The number of hydrogen-bond acceptors (Lipinski definition) is 4. The van der Waals surface area contributed by atoms with Crippen LogP contribution in [0.25, 0.3) is 11.1 Å². The van der Waals surface area contributed by atoms with Crippen molar-refractivity contribution in [2.45, 2.75) is 6.54 Å². The monoisotopic (exact) mass is 442 g/mol. The van der Waals surface area contributed by atoms with Gasteiger partial charge in [-0.2, -0.15) is 0 Å². The summed E-state index contributed by atoms with van der Waals surface area (Å²) in [7, 11) is 0. The van der Waals surface area contributed by atoms with Gasteiger partial charge in [0.15, 0.2) is 0 Å². The molecule has 6 nitrogen and oxygen atoms in total. The average Bonchev–Trinajstić information content (AvgIpc) is 2.84. The van der Waals surface area contributed by atoms with E-state index < -0.39 is 17.7 Å². The maximum Gasteiger partial charge on any atom is 0.335 e. The van der Waals surface area contributed by atoms with Crippen LogP contribution in [-0.4, -0.2) is 22.0 Å². The summed E-state index contributed by atoms with van der Waals surface area (Å²) in [5.74, 6) is -1.85. The van der Waals surface area contributed by atoms with Crippen LogP contribution < -0.4 is 10.1 Å². The summed E-state index contributed by atoms with van der Waals surface area (Å²) in [5.41, 5.74) is 2.71. The molecule has 4 aromatic rings. The molecule has 1 aromatic heterocycles. The minimum absolute atomic E-state index is 0.0275. The number of aromatic carboxylic acids is 1. The zero-order valence-corrected chi connectivity index (χ0v) is 17.4. The Morgan fingerprint density at radius 3 is 2.36 bits per heavy atom. The lowest BCUT2D eigenvalue weighted by molar-refractivity contribution is 0.0696. The molecule has 0 aliphatic heterocycles. The molecule has 0 radical (unpaired) electrons. The van der Waals surface area contributed by atoms with Gasteiger partial charge in [-0.3, -0.25) is 4.79 Å². The predicted octanol–water partition coefficient (Wildman–Crippen LogP) is 5.31. The van der Waals surface area contributed by atoms with Crippen molar-refractivity contribution in [3.8, 4) is 22.8 Å². The highest BCUT2D eigenvalue weighted by molar-refractivity contribution is 5.96. The molecule has 1 heterocycles. The molecule has 0 fully saturated rings. The summed E-state index contributed by atoms with van der Waals surface area (Å²) in [6, 6.07) is 24.2. The van der Waals surface area contributed by atoms with Crippen molar-refractivity contribution in [3.05, 3.63) is 114 Å². The first-order valence-corrected chi connectivity index (χ1v) is 10.1. The molecule has 3 aromatic carbocycles. The van der Waals surface area contributed by atoms with Crippen LogP contribution in [0.15, 0.2) is 91.1 Å². The standard InChI is InChI=1S/C26H19FN2O4/c27-21-14-23(24(30)28-15-17-9-11-19(12-10-17)26(31)32)25(29-16-21)33-22-8-4-7-20(13-22)18-5-2-1-3-6-18/h1-14,16H,15H2,(H,28,30)(H,31,32). The highest BCUT2D eigenvalue weighted by atomic mass is 19.1. The van der Waals surface area contributed by atoms with E-state index in [9.17, 15) is 14.0 Å². The molecule has 0 spiro atoms. The van der Waals surface area contributed by atoms with Gasteiger partial charge in [-0.15, -0.1) is 0 Å². The largest absolute Gasteiger partial charge is 0.478 e. The van der Waals surface area contributed by atoms with Crippen LogP contribution in [0.3, 0.4) is 0 Å². The molecule has 0 saturated carbocycles. The molecular weight excluding hydrogens is 423 g/mol. The number of carbonyl (C=O) groups excluding carboxylic acids is 1. The molecular formula is C26H19FN2O4. The fraction of sp³-hybridized carbons (Fsp3) is 0.0385. The van der Waals surface area contributed by atoms with Crippen molar-refractivity contribution in [2.75, 3.05) is 0 Å². The highest BCUT2D eigenvalue weighted by Crippen LogP contribution is 2.28. The summed E-state index contributed by atoms with van der Waals surface area (Å²) in [4.78, 5) is 27.7. The normalized spacial score (nSPS) is 10.5. The first-order chi connectivity index (χ1) is 16.0. The first-order valence-electron chi connectivity index (χ1n) is 10.1. The Kier molecular flexibility index (Phi) is 6.40. The molecule has 0 atom stereocenters. The number of nitrogens with one attached hydrogen (secondary N) is 1. The van der Waals surface area contributed by atoms with Crippen LogP contribution in [0.1, 0.15) is 26.3 Å². The van der Waals surface area contributed by atoms with E-state index in [1.165, 1.54) is 12.1 Å². The lowest BCUT2D eigenvalue weighted by Gasteiger charge is -2.12. The van der Waals surface area contributed by atoms with E-state index in [-0.39, 0.29) is 23.6 Å². The fourth-order valence-corrected chi connectivity index (χ4v) is 3.19. The number of ether oxygens (including phenoxy) is 1. The van der Waals surface area contributed by atoms with Gasteiger partial charge in [-0.25, -0.2) is 14.2 Å². The Morgan fingerprint density at radius 2 is 1.64 bits per heavy atom. The molecule has 1 amide bonds. The second-order valence-electron chi connectivity index (χ2n) is 7.19. The third kappa shape index (κ3) is 5.40. The molecule has 33 heavy (non-hydrogen) atoms. The second-order valence-corrected chi connectivity index (χ2v) is 7.19. The van der Waals surface area contributed by atoms with Crippen LogP contribution >= 0.6 is 0 Å². The van der Waals surface area contributed by atoms with Gasteiger partial charge in [0.2, 0.25) is 5.88 Å². The summed E-state index contributed by atoms with van der Waals surface area (Å²) >= 11 is 0. The molecule has 0 aliphatic carbocycles. The zero-order valence-electron chi connectivity index (χ0n) is 17.4. The molecule has 0 unspecified atom stereocenters. The van der Waals surface area contributed by atoms with Crippen molar-refractivity contribution in [3.63, 3.8) is 0 Å². The third-order valence-corrected chi connectivity index (χ3v) is 4.87. The van der Waals surface area contributed by atoms with Gasteiger partial charge < -0.3 is 15.2 Å². The van der Waals surface area contributed by atoms with Gasteiger partial charge in [-0.05, 0) is 47.0 Å². The van der Waals surface area contributed by atoms with Crippen molar-refractivity contribution < 1.29 is 23.8 Å². The molecule has 7 heteroatoms. The van der Waals surface area contributed by atoms with Crippen molar-refractivity contribution in [1.29, 1.82) is 0 Å². The van der Waals surface area contributed by atoms with Crippen molar-refractivity contribution in [2.24, 2.45) is 0 Å². The van der Waals surface area contributed by atoms with E-state index in [0.717, 1.165) is 23.4 Å². The number of amides is 1. The number of halogens is 1. The molecule has 0 bridgehead atoms. The number of hydrogen-bond donors (Lipinski definition) is 2. The molecule has 4 rings (SSSR count). The van der Waals surface area contributed by atoms with Gasteiger partial charge in [0, 0.05) is 6.54 Å². The first kappa shape index (κ1) is 21.7. The Hall–Kier alpha value is -4.52. The maximum absolute atomic E-state index is 13.9. The van der Waals surface area contributed by atoms with E-state index in [0.29, 0.717) is 11.3 Å². The van der Waals surface area contributed by atoms with Crippen LogP contribution in [0.2, 0.25) is 0 Å². The van der Waals surface area contributed by atoms with Crippen LogP contribution in [-0.2, 0) is 6.54 Å². The number of aromatic nitrogens is 1. The molecule has 164 valence electrons. The molecule has 0 saturated heterocycles. The highest BCUT2D eigenvalue weighted by Gasteiger charge is 2.17. The minimum Gasteiger partial charge on any atom is -0.478 e. The van der Waals surface area contributed by atoms with Crippen LogP contribution in [0.4, 0.5) is 4.39 Å². The lowest BCUT2D eigenvalue weighted by atomic mass is 10.1. The van der Waals surface area contributed by atoms with E-state index in [1.807, 2.05) is 48.5 Å². The predicted molar refractivity (Wildman–Crippen MR) is 121 cm³/mol. The third-order valence-electron chi connectivity index (χ3n) is 4.87. The number of carboxylic acids is 1. The molecule has 2 N–H and O–H groups in total. The Bertz CT molecular complexity index is 1290. The quantitative estimate of drug-likeness (QED) is 0.405. The SMILES string of the molecule is O=C(O)c1ccc(CNC(=O)c2cc(F)cnc2Oc2cccc(-c3ccccc3)c2)cc1. The Labute approximate surface area is 189 Å². The van der Waals surface area contributed by atoms with Gasteiger partial charge in [-0.1, -0.05) is 54.6 Å². The number of rotatable bonds is 7. The summed E-state index contributed by atoms with van der Waals surface area (Å²) in [6.07, 6.45) is 0.984. The maximum atomic E-state index is 13.9. The Morgan fingerprint density at radius 1 is 0.909 bits per heavy atom. The van der Waals surface area contributed by atoms with E-state index in [4.69, 9.17) is 9.84 Å². The van der Waals surface area contributed by atoms with Crippen LogP contribution in [0.5, 0.6) is 11.6 Å². The number of pyridine rings is 1. The van der Waals surface area contributed by atoms with Gasteiger partial charge in [0.05, 0.1) is 11.8 Å². The van der Waals surface area contributed by atoms with Crippen LogP contribution in [0, 0.1) is 5.82 Å². The zero-order chi connectivity index (χ0) is 23.2.